The number of hydrogen-bond donors (Lipinski definition) is 3. The third-order valence-electron chi connectivity index (χ3n) is 3.16. The summed E-state index contributed by atoms with van der Waals surface area (Å²) >= 11 is 0. The summed E-state index contributed by atoms with van der Waals surface area (Å²) in [4.78, 5) is 11.8. The maximum atomic E-state index is 11.8. The molecule has 0 aliphatic carbocycles. The van der Waals surface area contributed by atoms with Crippen LogP contribution in [-0.4, -0.2) is 41.0 Å². The van der Waals surface area contributed by atoms with Gasteiger partial charge in [0.25, 0.3) is 0 Å². The molecule has 26 heavy (non-hydrogen) atoms. The van der Waals surface area contributed by atoms with Crippen molar-refractivity contribution in [1.29, 1.82) is 0 Å². The van der Waals surface area contributed by atoms with Gasteiger partial charge in [0.2, 0.25) is 10.0 Å². The van der Waals surface area contributed by atoms with Gasteiger partial charge in [-0.1, -0.05) is 0 Å². The normalized spacial score (nSPS) is 10.7. The van der Waals surface area contributed by atoms with E-state index >= 15 is 0 Å². The van der Waals surface area contributed by atoms with Gasteiger partial charge in [-0.25, -0.2) is 13.2 Å². The molecule has 9 heteroatoms. The Kier molecular flexibility index (Phi) is 6.67. The topological polar surface area (TPSA) is 106 Å². The average molecular weight is 379 g/mol. The molecule has 0 aromatic heterocycles. The number of carbonyl (C=O) groups excluding carboxylic acids is 1. The molecular weight excluding hydrogens is 358 g/mol. The van der Waals surface area contributed by atoms with Crippen LogP contribution >= 0.6 is 0 Å². The van der Waals surface area contributed by atoms with Crippen LogP contribution in [0.4, 0.5) is 16.2 Å². The third-order valence-corrected chi connectivity index (χ3v) is 3.77. The van der Waals surface area contributed by atoms with Crippen molar-refractivity contribution in [1.82, 2.24) is 5.32 Å². The lowest BCUT2D eigenvalue weighted by Crippen LogP contribution is -2.32. The standard InChI is InChI=1S/C17H21N3O5S/c1-24-15-7-9-16(10-8-15)25-12-11-18-17(21)19-13-3-5-14(6-4-13)20-26(2,22)23/h3-10,20H,11-12H2,1-2H3,(H2,18,19,21). The predicted molar refractivity (Wildman–Crippen MR) is 100 cm³/mol. The van der Waals surface area contributed by atoms with Crippen LogP contribution in [0.25, 0.3) is 0 Å². The molecule has 0 saturated heterocycles. The molecule has 0 radical (unpaired) electrons. The van der Waals surface area contributed by atoms with Crippen molar-refractivity contribution in [3.63, 3.8) is 0 Å². The Hall–Kier alpha value is -2.94. The Labute approximate surface area is 152 Å². The van der Waals surface area contributed by atoms with Gasteiger partial charge in [-0.2, -0.15) is 0 Å². The Bertz CT molecular complexity index is 820. The van der Waals surface area contributed by atoms with Crippen LogP contribution in [0.15, 0.2) is 48.5 Å². The molecule has 0 aliphatic rings. The number of urea groups is 1. The molecule has 2 aromatic carbocycles. The number of sulfonamides is 1. The van der Waals surface area contributed by atoms with Crippen molar-refractivity contribution in [2.75, 3.05) is 36.6 Å². The van der Waals surface area contributed by atoms with Gasteiger partial charge in [0, 0.05) is 11.4 Å². The van der Waals surface area contributed by atoms with Crippen molar-refractivity contribution < 1.29 is 22.7 Å². The first-order chi connectivity index (χ1) is 12.4. The van der Waals surface area contributed by atoms with E-state index in [2.05, 4.69) is 15.4 Å². The number of hydrogen-bond acceptors (Lipinski definition) is 5. The second kappa shape index (κ2) is 8.95. The molecule has 0 aliphatic heterocycles. The average Bonchev–Trinajstić information content (AvgIpc) is 2.60. The SMILES string of the molecule is COc1ccc(OCCNC(=O)Nc2ccc(NS(C)(=O)=O)cc2)cc1. The van der Waals surface area contributed by atoms with Crippen LogP contribution in [0.2, 0.25) is 0 Å². The van der Waals surface area contributed by atoms with Gasteiger partial charge < -0.3 is 20.1 Å². The Morgan fingerprint density at radius 2 is 1.54 bits per heavy atom. The largest absolute Gasteiger partial charge is 0.497 e. The highest BCUT2D eigenvalue weighted by atomic mass is 32.2. The van der Waals surface area contributed by atoms with Crippen LogP contribution in [0.5, 0.6) is 11.5 Å². The molecule has 0 atom stereocenters. The summed E-state index contributed by atoms with van der Waals surface area (Å²) < 4.78 is 35.2. The molecule has 0 heterocycles. The summed E-state index contributed by atoms with van der Waals surface area (Å²) in [7, 11) is -1.73. The quantitative estimate of drug-likeness (QED) is 0.610. The highest BCUT2D eigenvalue weighted by molar-refractivity contribution is 7.92. The molecule has 0 fully saturated rings. The van der Waals surface area contributed by atoms with E-state index in [0.717, 1.165) is 12.0 Å². The van der Waals surface area contributed by atoms with Crippen molar-refractivity contribution in [2.24, 2.45) is 0 Å². The number of benzene rings is 2. The first kappa shape index (κ1) is 19.4. The zero-order valence-corrected chi connectivity index (χ0v) is 15.3. The smallest absolute Gasteiger partial charge is 0.319 e. The van der Waals surface area contributed by atoms with E-state index in [0.29, 0.717) is 30.3 Å². The van der Waals surface area contributed by atoms with Gasteiger partial charge in [-0.05, 0) is 48.5 Å². The summed E-state index contributed by atoms with van der Waals surface area (Å²) in [5.74, 6) is 1.43. The summed E-state index contributed by atoms with van der Waals surface area (Å²) in [6.07, 6.45) is 1.07. The van der Waals surface area contributed by atoms with Crippen molar-refractivity contribution in [2.45, 2.75) is 0 Å². The molecular formula is C17H21N3O5S. The molecule has 140 valence electrons. The summed E-state index contributed by atoms with van der Waals surface area (Å²) in [6, 6.07) is 13.1. The van der Waals surface area contributed by atoms with E-state index < -0.39 is 10.0 Å². The summed E-state index contributed by atoms with van der Waals surface area (Å²) in [5, 5.41) is 5.31. The van der Waals surface area contributed by atoms with Gasteiger partial charge in [-0.15, -0.1) is 0 Å². The number of carbonyl (C=O) groups is 1. The highest BCUT2D eigenvalue weighted by Gasteiger charge is 2.04. The molecule has 8 nitrogen and oxygen atoms in total. The number of amides is 2. The first-order valence-electron chi connectivity index (χ1n) is 7.75. The van der Waals surface area contributed by atoms with E-state index in [4.69, 9.17) is 9.47 Å². The number of rotatable bonds is 8. The second-order valence-corrected chi connectivity index (χ2v) is 7.10. The molecule has 2 amide bonds. The van der Waals surface area contributed by atoms with E-state index in [1.54, 1.807) is 55.6 Å². The van der Waals surface area contributed by atoms with Gasteiger partial charge in [0.05, 0.1) is 19.9 Å². The van der Waals surface area contributed by atoms with Crippen molar-refractivity contribution >= 4 is 27.4 Å². The van der Waals surface area contributed by atoms with Crippen LogP contribution in [0, 0.1) is 0 Å². The molecule has 2 rings (SSSR count). The molecule has 3 N–H and O–H groups in total. The van der Waals surface area contributed by atoms with E-state index in [9.17, 15) is 13.2 Å². The molecule has 0 bridgehead atoms. The maximum Gasteiger partial charge on any atom is 0.319 e. The zero-order valence-electron chi connectivity index (χ0n) is 14.5. The molecule has 0 unspecified atom stereocenters. The maximum absolute atomic E-state index is 11.8. The number of methoxy groups -OCH3 is 1. The number of ether oxygens (including phenoxy) is 2. The third kappa shape index (κ3) is 6.89. The monoisotopic (exact) mass is 379 g/mol. The minimum absolute atomic E-state index is 0.316. The lowest BCUT2D eigenvalue weighted by Gasteiger charge is -2.10. The lowest BCUT2D eigenvalue weighted by atomic mass is 10.3. The van der Waals surface area contributed by atoms with Crippen LogP contribution < -0.4 is 24.8 Å². The minimum Gasteiger partial charge on any atom is -0.497 e. The highest BCUT2D eigenvalue weighted by Crippen LogP contribution is 2.17. The van der Waals surface area contributed by atoms with Crippen LogP contribution in [-0.2, 0) is 10.0 Å². The van der Waals surface area contributed by atoms with E-state index in [-0.39, 0.29) is 6.03 Å². The molecule has 0 spiro atoms. The van der Waals surface area contributed by atoms with Crippen LogP contribution in [0.3, 0.4) is 0 Å². The second-order valence-electron chi connectivity index (χ2n) is 5.36. The zero-order chi connectivity index (χ0) is 19.0. The van der Waals surface area contributed by atoms with E-state index in [1.165, 1.54) is 0 Å². The fourth-order valence-electron chi connectivity index (χ4n) is 2.02. The lowest BCUT2D eigenvalue weighted by molar-refractivity contribution is 0.247. The number of anilines is 2. The van der Waals surface area contributed by atoms with Gasteiger partial charge in [0.1, 0.15) is 18.1 Å². The summed E-state index contributed by atoms with van der Waals surface area (Å²) in [5.41, 5.74) is 0.962. The Balaban J connectivity index is 1.71. The number of nitrogens with one attached hydrogen (secondary N) is 3. The van der Waals surface area contributed by atoms with Crippen molar-refractivity contribution in [3.05, 3.63) is 48.5 Å². The van der Waals surface area contributed by atoms with Gasteiger partial charge in [-0.3, -0.25) is 4.72 Å². The first-order valence-corrected chi connectivity index (χ1v) is 9.64. The Morgan fingerprint density at radius 3 is 2.12 bits per heavy atom. The minimum atomic E-state index is -3.33. The van der Waals surface area contributed by atoms with Crippen LogP contribution in [0.1, 0.15) is 0 Å². The molecule has 2 aromatic rings. The fraction of sp³-hybridized carbons (Fsp3) is 0.235. The van der Waals surface area contributed by atoms with Gasteiger partial charge in [0.15, 0.2) is 0 Å². The van der Waals surface area contributed by atoms with Gasteiger partial charge >= 0.3 is 6.03 Å². The van der Waals surface area contributed by atoms with E-state index in [1.807, 2.05) is 0 Å². The summed E-state index contributed by atoms with van der Waals surface area (Å²) in [6.45, 7) is 0.641. The fourth-order valence-corrected chi connectivity index (χ4v) is 2.58. The Morgan fingerprint density at radius 1 is 0.962 bits per heavy atom. The predicted octanol–water partition coefficient (Wildman–Crippen LogP) is 2.27. The molecule has 0 saturated carbocycles. The van der Waals surface area contributed by atoms with Crippen molar-refractivity contribution in [3.8, 4) is 11.5 Å².